The number of fused-ring (bicyclic) bond motifs is 1. The first-order valence-corrected chi connectivity index (χ1v) is 18.9. The van der Waals surface area contributed by atoms with Crippen LogP contribution in [0.4, 0.5) is 16.3 Å². The van der Waals surface area contributed by atoms with Crippen LogP contribution in [-0.2, 0) is 21.0 Å². The highest BCUT2D eigenvalue weighted by atomic mass is 28.3. The van der Waals surface area contributed by atoms with Crippen LogP contribution in [0, 0.1) is 0 Å². The fourth-order valence-electron chi connectivity index (χ4n) is 5.04. The molecule has 0 bridgehead atoms. The van der Waals surface area contributed by atoms with E-state index in [-0.39, 0.29) is 17.9 Å². The molecular weight excluding hydrogens is 606 g/mol. The van der Waals surface area contributed by atoms with Crippen LogP contribution in [0.15, 0.2) is 76.5 Å². The van der Waals surface area contributed by atoms with E-state index in [4.69, 9.17) is 9.47 Å². The van der Waals surface area contributed by atoms with Crippen molar-refractivity contribution in [1.29, 1.82) is 0 Å². The van der Waals surface area contributed by atoms with Gasteiger partial charge in [0.05, 0.1) is 30.2 Å². The Bertz CT molecular complexity index is 1670. The van der Waals surface area contributed by atoms with Crippen LogP contribution in [0.25, 0.3) is 0 Å². The molecule has 13 nitrogen and oxygen atoms in total. The Morgan fingerprint density at radius 1 is 0.978 bits per heavy atom. The van der Waals surface area contributed by atoms with Crippen molar-refractivity contribution < 1.29 is 23.9 Å². The fraction of sp³-hybridized carbons (Fsp3) is 0.344. The SMILES string of the molecule is C[Si](C)(C)CCOCn1c(N2CCOCC2)c(C(=O)NNC(=O)N[C@H]2N=C(c3ccccc3)c3ccccc3NC2=O)ccc1=O. The van der Waals surface area contributed by atoms with E-state index in [2.05, 4.69) is 46.1 Å². The molecule has 0 aliphatic carbocycles. The molecule has 2 aliphatic heterocycles. The van der Waals surface area contributed by atoms with Crippen molar-refractivity contribution in [3.05, 3.63) is 93.8 Å². The number of aliphatic imine (C=N–C) groups is 1. The van der Waals surface area contributed by atoms with Gasteiger partial charge in [0.25, 0.3) is 17.4 Å². The topological polar surface area (TPSA) is 155 Å². The molecule has 4 amide bonds. The Morgan fingerprint density at radius 2 is 1.70 bits per heavy atom. The summed E-state index contributed by atoms with van der Waals surface area (Å²) in [7, 11) is -1.35. The van der Waals surface area contributed by atoms with Gasteiger partial charge in [0.2, 0.25) is 6.17 Å². The van der Waals surface area contributed by atoms with Crippen molar-refractivity contribution in [3.8, 4) is 0 Å². The van der Waals surface area contributed by atoms with E-state index in [1.165, 1.54) is 16.7 Å². The summed E-state index contributed by atoms with van der Waals surface area (Å²) in [5.74, 6) is -0.823. The van der Waals surface area contributed by atoms with E-state index in [1.807, 2.05) is 47.4 Å². The quantitative estimate of drug-likeness (QED) is 0.159. The number of nitrogens with zero attached hydrogens (tertiary/aromatic N) is 3. The van der Waals surface area contributed by atoms with Gasteiger partial charge in [0.15, 0.2) is 0 Å². The lowest BCUT2D eigenvalue weighted by molar-refractivity contribution is -0.117. The lowest BCUT2D eigenvalue weighted by atomic mass is 10.0. The van der Waals surface area contributed by atoms with Crippen molar-refractivity contribution in [2.24, 2.45) is 4.99 Å². The van der Waals surface area contributed by atoms with Gasteiger partial charge in [-0.3, -0.25) is 24.4 Å². The summed E-state index contributed by atoms with van der Waals surface area (Å²) in [6.07, 6.45) is -1.29. The number of rotatable bonds is 9. The number of hydrogen-bond acceptors (Lipinski definition) is 8. The first-order valence-electron chi connectivity index (χ1n) is 15.2. The van der Waals surface area contributed by atoms with E-state index in [0.717, 1.165) is 11.6 Å². The molecule has 5 rings (SSSR count). The predicted molar refractivity (Wildman–Crippen MR) is 178 cm³/mol. The summed E-state index contributed by atoms with van der Waals surface area (Å²) >= 11 is 0. The van der Waals surface area contributed by atoms with Crippen molar-refractivity contribution in [3.63, 3.8) is 0 Å². The average Bonchev–Trinajstić information content (AvgIpc) is 3.18. The Morgan fingerprint density at radius 3 is 2.43 bits per heavy atom. The van der Waals surface area contributed by atoms with E-state index in [0.29, 0.717) is 55.7 Å². The number of benzene rings is 2. The lowest BCUT2D eigenvalue weighted by Crippen LogP contribution is -2.52. The molecule has 0 radical (unpaired) electrons. The van der Waals surface area contributed by atoms with Crippen LogP contribution in [0.1, 0.15) is 21.5 Å². The van der Waals surface area contributed by atoms with Crippen LogP contribution in [0.5, 0.6) is 0 Å². The second-order valence-corrected chi connectivity index (χ2v) is 17.7. The zero-order valence-corrected chi connectivity index (χ0v) is 27.2. The van der Waals surface area contributed by atoms with E-state index in [9.17, 15) is 19.2 Å². The van der Waals surface area contributed by atoms with Gasteiger partial charge in [0.1, 0.15) is 12.5 Å². The summed E-state index contributed by atoms with van der Waals surface area (Å²) < 4.78 is 12.8. The molecule has 1 fully saturated rings. The molecule has 3 heterocycles. The summed E-state index contributed by atoms with van der Waals surface area (Å²) in [5.41, 5.74) is 7.13. The lowest BCUT2D eigenvalue weighted by Gasteiger charge is -2.32. The first-order chi connectivity index (χ1) is 22.1. The third kappa shape index (κ3) is 8.07. The molecule has 3 aromatic rings. The Balaban J connectivity index is 1.32. The number of hydrogen-bond donors (Lipinski definition) is 4. The molecule has 46 heavy (non-hydrogen) atoms. The Labute approximate surface area is 268 Å². The van der Waals surface area contributed by atoms with E-state index < -0.39 is 32.1 Å². The van der Waals surface area contributed by atoms with E-state index in [1.54, 1.807) is 12.1 Å². The monoisotopic (exact) mass is 645 g/mol. The van der Waals surface area contributed by atoms with Gasteiger partial charge >= 0.3 is 6.03 Å². The van der Waals surface area contributed by atoms with Gasteiger partial charge in [-0.25, -0.2) is 15.2 Å². The van der Waals surface area contributed by atoms with Crippen molar-refractivity contribution in [2.75, 3.05) is 43.1 Å². The normalized spacial score (nSPS) is 16.4. The number of anilines is 2. The number of amides is 4. The number of para-hydroxylation sites is 1. The molecule has 0 saturated carbocycles. The van der Waals surface area contributed by atoms with Crippen LogP contribution in [-0.4, -0.2) is 75.3 Å². The number of benzodiazepines with no additional fused rings is 1. The number of aromatic nitrogens is 1. The molecule has 1 saturated heterocycles. The zero-order valence-electron chi connectivity index (χ0n) is 26.2. The molecule has 2 aromatic carbocycles. The van der Waals surface area contributed by atoms with Gasteiger partial charge in [-0.15, -0.1) is 0 Å². The number of ether oxygens (including phenoxy) is 2. The molecule has 1 atom stereocenters. The van der Waals surface area contributed by atoms with Crippen molar-refractivity contribution in [2.45, 2.75) is 38.6 Å². The van der Waals surface area contributed by atoms with Crippen LogP contribution in [0.3, 0.4) is 0 Å². The maximum atomic E-state index is 13.5. The maximum Gasteiger partial charge on any atom is 0.335 e. The van der Waals surface area contributed by atoms with Crippen LogP contribution >= 0.6 is 0 Å². The zero-order chi connectivity index (χ0) is 32.7. The minimum Gasteiger partial charge on any atom is -0.378 e. The van der Waals surface area contributed by atoms with Gasteiger partial charge in [-0.1, -0.05) is 68.2 Å². The minimum atomic E-state index is -1.35. The fourth-order valence-corrected chi connectivity index (χ4v) is 5.80. The largest absolute Gasteiger partial charge is 0.378 e. The minimum absolute atomic E-state index is 0.0219. The third-order valence-corrected chi connectivity index (χ3v) is 9.18. The summed E-state index contributed by atoms with van der Waals surface area (Å²) in [6.45, 7) is 8.99. The summed E-state index contributed by atoms with van der Waals surface area (Å²) in [5, 5.41) is 5.34. The molecule has 4 N–H and O–H groups in total. The Hall–Kier alpha value is -4.79. The standard InChI is InChI=1S/C32H39N7O6Si/c1-46(2,3)20-19-45-21-39-26(40)14-13-24(31(39)38-15-17-44-18-16-38)29(41)36-37-32(43)35-28-30(42)33-25-12-8-7-11-23(25)27(34-28)22-9-5-4-6-10-22/h4-14,28H,15-21H2,1-3H3,(H,33,42)(H,36,41)(H2,35,37,43)/t28-/m1/s1. The molecule has 242 valence electrons. The average molecular weight is 646 g/mol. The highest BCUT2D eigenvalue weighted by Crippen LogP contribution is 2.24. The Kier molecular flexibility index (Phi) is 10.3. The second-order valence-electron chi connectivity index (χ2n) is 12.1. The van der Waals surface area contributed by atoms with E-state index >= 15 is 0 Å². The molecule has 0 spiro atoms. The maximum absolute atomic E-state index is 13.5. The highest BCUT2D eigenvalue weighted by molar-refractivity contribution is 6.76. The van der Waals surface area contributed by atoms with Gasteiger partial charge in [-0.05, 0) is 18.2 Å². The van der Waals surface area contributed by atoms with Crippen molar-refractivity contribution >= 4 is 43.1 Å². The highest BCUT2D eigenvalue weighted by Gasteiger charge is 2.28. The van der Waals surface area contributed by atoms with Crippen LogP contribution in [0.2, 0.25) is 25.7 Å². The number of urea groups is 1. The summed E-state index contributed by atoms with van der Waals surface area (Å²) in [6, 6.07) is 19.4. The first kappa shape index (κ1) is 32.6. The number of carbonyl (C=O) groups is 3. The molecular formula is C32H39N7O6Si. The third-order valence-electron chi connectivity index (χ3n) is 7.48. The molecule has 1 aromatic heterocycles. The summed E-state index contributed by atoms with van der Waals surface area (Å²) in [4.78, 5) is 59.0. The number of pyridine rings is 1. The molecule has 0 unspecified atom stereocenters. The smallest absolute Gasteiger partial charge is 0.335 e. The molecule has 2 aliphatic rings. The van der Waals surface area contributed by atoms with Gasteiger partial charge in [0, 0.05) is 45.0 Å². The van der Waals surface area contributed by atoms with Crippen molar-refractivity contribution in [1.82, 2.24) is 20.7 Å². The second kappa shape index (κ2) is 14.5. The van der Waals surface area contributed by atoms with Gasteiger partial charge < -0.3 is 25.0 Å². The number of carbonyl (C=O) groups excluding carboxylic acids is 3. The van der Waals surface area contributed by atoms with Gasteiger partial charge in [-0.2, -0.15) is 0 Å². The number of morpholine rings is 1. The van der Waals surface area contributed by atoms with Crippen LogP contribution < -0.4 is 31.9 Å². The number of nitrogens with one attached hydrogen (secondary N) is 4. The number of hydrazine groups is 1. The molecule has 14 heteroatoms. The predicted octanol–water partition coefficient (Wildman–Crippen LogP) is 2.76.